The summed E-state index contributed by atoms with van der Waals surface area (Å²) in [7, 11) is 0. The minimum absolute atomic E-state index is 0.723. The van der Waals surface area contributed by atoms with Crippen LogP contribution in [0.4, 0.5) is 5.69 Å². The van der Waals surface area contributed by atoms with Gasteiger partial charge in [0, 0.05) is 17.9 Å². The summed E-state index contributed by atoms with van der Waals surface area (Å²) < 4.78 is 5.53. The van der Waals surface area contributed by atoms with Crippen LogP contribution in [0.25, 0.3) is 11.0 Å². The topological polar surface area (TPSA) is 80.7 Å². The number of aromatic amines is 1. The van der Waals surface area contributed by atoms with E-state index in [4.69, 9.17) is 10.2 Å². The molecule has 0 aliphatic heterocycles. The van der Waals surface area contributed by atoms with Gasteiger partial charge in [-0.1, -0.05) is 11.8 Å². The normalized spacial score (nSPS) is 11.3. The van der Waals surface area contributed by atoms with Crippen molar-refractivity contribution in [1.82, 2.24) is 15.0 Å². The Balaban J connectivity index is 1.65. The lowest BCUT2D eigenvalue weighted by molar-refractivity contribution is 0.431. The van der Waals surface area contributed by atoms with Crippen LogP contribution >= 0.6 is 11.8 Å². The lowest BCUT2D eigenvalue weighted by Gasteiger charge is -1.94. The Kier molecular flexibility index (Phi) is 3.40. The summed E-state index contributed by atoms with van der Waals surface area (Å²) in [5, 5.41) is 0.723. The molecule has 0 bridgehead atoms. The van der Waals surface area contributed by atoms with Crippen molar-refractivity contribution >= 4 is 28.5 Å². The predicted molar refractivity (Wildman–Crippen MR) is 80.9 cm³/mol. The molecule has 5 nitrogen and oxygen atoms in total. The van der Waals surface area contributed by atoms with Crippen LogP contribution in [0.15, 0.2) is 27.8 Å². The van der Waals surface area contributed by atoms with Crippen molar-refractivity contribution in [3.63, 3.8) is 0 Å². The summed E-state index contributed by atoms with van der Waals surface area (Å²) in [6.45, 7) is 3.88. The first-order chi connectivity index (χ1) is 9.61. The van der Waals surface area contributed by atoms with E-state index in [1.807, 2.05) is 32.0 Å². The van der Waals surface area contributed by atoms with Gasteiger partial charge in [0.1, 0.15) is 11.6 Å². The quantitative estimate of drug-likeness (QED) is 0.569. The molecule has 0 aliphatic rings. The molecule has 0 spiro atoms. The van der Waals surface area contributed by atoms with Gasteiger partial charge in [0.25, 0.3) is 5.22 Å². The first-order valence-corrected chi connectivity index (χ1v) is 7.41. The molecule has 0 saturated carbocycles. The van der Waals surface area contributed by atoms with E-state index in [0.717, 1.165) is 51.4 Å². The molecule has 3 rings (SSSR count). The third kappa shape index (κ3) is 2.65. The molecule has 2 aromatic heterocycles. The number of benzene rings is 1. The Morgan fingerprint density at radius 3 is 2.90 bits per heavy atom. The number of fused-ring (bicyclic) bond motifs is 1. The standard InChI is InChI=1S/C14H16N4OS/c1-8-9(2)19-14(16-8)20-6-5-13-17-11-4-3-10(15)7-12(11)18-13/h3-4,7H,5-6,15H2,1-2H3,(H,17,18). The smallest absolute Gasteiger partial charge is 0.256 e. The monoisotopic (exact) mass is 288 g/mol. The van der Waals surface area contributed by atoms with Crippen molar-refractivity contribution in [3.8, 4) is 0 Å². The van der Waals surface area contributed by atoms with Gasteiger partial charge in [-0.2, -0.15) is 0 Å². The molecule has 0 unspecified atom stereocenters. The predicted octanol–water partition coefficient (Wildman–Crippen LogP) is 3.08. The fraction of sp³-hybridized carbons (Fsp3) is 0.286. The maximum atomic E-state index is 5.75. The highest BCUT2D eigenvalue weighted by atomic mass is 32.2. The van der Waals surface area contributed by atoms with E-state index < -0.39 is 0 Å². The van der Waals surface area contributed by atoms with Gasteiger partial charge < -0.3 is 15.1 Å². The summed E-state index contributed by atoms with van der Waals surface area (Å²) in [6, 6.07) is 5.69. The van der Waals surface area contributed by atoms with E-state index in [1.165, 1.54) is 0 Å². The number of aromatic nitrogens is 3. The fourth-order valence-corrected chi connectivity index (χ4v) is 2.79. The maximum absolute atomic E-state index is 5.75. The third-order valence-corrected chi connectivity index (χ3v) is 3.96. The molecule has 1 aromatic carbocycles. The fourth-order valence-electron chi connectivity index (χ4n) is 1.94. The van der Waals surface area contributed by atoms with Crippen LogP contribution in [0.5, 0.6) is 0 Å². The van der Waals surface area contributed by atoms with Crippen LogP contribution in [0, 0.1) is 13.8 Å². The third-order valence-electron chi connectivity index (χ3n) is 3.13. The lowest BCUT2D eigenvalue weighted by Crippen LogP contribution is -1.91. The Morgan fingerprint density at radius 1 is 1.30 bits per heavy atom. The number of thioether (sulfide) groups is 1. The Bertz CT molecular complexity index is 727. The van der Waals surface area contributed by atoms with Crippen molar-refractivity contribution in [2.75, 3.05) is 11.5 Å². The lowest BCUT2D eigenvalue weighted by atomic mass is 10.3. The van der Waals surface area contributed by atoms with Gasteiger partial charge in [0.15, 0.2) is 0 Å². The first kappa shape index (κ1) is 13.1. The number of imidazole rings is 1. The number of H-pyrrole nitrogens is 1. The minimum atomic E-state index is 0.723. The highest BCUT2D eigenvalue weighted by molar-refractivity contribution is 7.99. The molecule has 3 aromatic rings. The number of nitrogen functional groups attached to an aromatic ring is 1. The summed E-state index contributed by atoms with van der Waals surface area (Å²) in [4.78, 5) is 12.2. The zero-order valence-corrected chi connectivity index (χ0v) is 12.3. The number of hydrogen-bond donors (Lipinski definition) is 2. The Hall–Kier alpha value is -1.95. The highest BCUT2D eigenvalue weighted by Crippen LogP contribution is 2.21. The number of rotatable bonds is 4. The van der Waals surface area contributed by atoms with Crippen LogP contribution in [0.3, 0.4) is 0 Å². The molecule has 104 valence electrons. The molecule has 0 radical (unpaired) electrons. The zero-order valence-electron chi connectivity index (χ0n) is 11.4. The van der Waals surface area contributed by atoms with Crippen LogP contribution < -0.4 is 5.73 Å². The summed E-state index contributed by atoms with van der Waals surface area (Å²) in [5.74, 6) is 2.71. The molecule has 0 saturated heterocycles. The average Bonchev–Trinajstić information content (AvgIpc) is 2.93. The molecule has 6 heteroatoms. The van der Waals surface area contributed by atoms with Crippen LogP contribution in [0.1, 0.15) is 17.3 Å². The van der Waals surface area contributed by atoms with Gasteiger partial charge in [-0.05, 0) is 32.0 Å². The molecular weight excluding hydrogens is 272 g/mol. The highest BCUT2D eigenvalue weighted by Gasteiger charge is 2.07. The van der Waals surface area contributed by atoms with Crippen molar-refractivity contribution in [2.24, 2.45) is 0 Å². The second-order valence-electron chi connectivity index (χ2n) is 4.68. The first-order valence-electron chi connectivity index (χ1n) is 6.43. The molecule has 0 atom stereocenters. The van der Waals surface area contributed by atoms with Gasteiger partial charge in [0.2, 0.25) is 0 Å². The number of oxazole rings is 1. The number of aryl methyl sites for hydroxylation is 3. The minimum Gasteiger partial charge on any atom is -0.437 e. The van der Waals surface area contributed by atoms with Crippen molar-refractivity contribution in [1.29, 1.82) is 0 Å². The average molecular weight is 288 g/mol. The number of hydrogen-bond acceptors (Lipinski definition) is 5. The van der Waals surface area contributed by atoms with E-state index in [9.17, 15) is 0 Å². The SMILES string of the molecule is Cc1nc(SCCc2nc3ccc(N)cc3[nH]2)oc1C. The van der Waals surface area contributed by atoms with Crippen molar-refractivity contribution in [2.45, 2.75) is 25.5 Å². The van der Waals surface area contributed by atoms with Gasteiger partial charge in [-0.25, -0.2) is 9.97 Å². The van der Waals surface area contributed by atoms with E-state index in [2.05, 4.69) is 15.0 Å². The number of nitrogens with one attached hydrogen (secondary N) is 1. The van der Waals surface area contributed by atoms with E-state index >= 15 is 0 Å². The second kappa shape index (κ2) is 5.20. The zero-order chi connectivity index (χ0) is 14.1. The molecule has 0 amide bonds. The van der Waals surface area contributed by atoms with Crippen LogP contribution in [0.2, 0.25) is 0 Å². The van der Waals surface area contributed by atoms with Crippen LogP contribution in [-0.4, -0.2) is 20.7 Å². The Labute approximate surface area is 121 Å². The van der Waals surface area contributed by atoms with E-state index in [0.29, 0.717) is 0 Å². The summed E-state index contributed by atoms with van der Waals surface area (Å²) in [5.41, 5.74) is 9.37. The van der Waals surface area contributed by atoms with Gasteiger partial charge >= 0.3 is 0 Å². The Morgan fingerprint density at radius 2 is 2.15 bits per heavy atom. The molecule has 3 N–H and O–H groups in total. The molecule has 2 heterocycles. The maximum Gasteiger partial charge on any atom is 0.256 e. The van der Waals surface area contributed by atoms with E-state index in [1.54, 1.807) is 11.8 Å². The number of nitrogens with zero attached hydrogens (tertiary/aromatic N) is 2. The van der Waals surface area contributed by atoms with Gasteiger partial charge in [-0.15, -0.1) is 0 Å². The van der Waals surface area contributed by atoms with Crippen molar-refractivity contribution < 1.29 is 4.42 Å². The largest absolute Gasteiger partial charge is 0.437 e. The summed E-state index contributed by atoms with van der Waals surface area (Å²) in [6.07, 6.45) is 0.833. The van der Waals surface area contributed by atoms with E-state index in [-0.39, 0.29) is 0 Å². The number of anilines is 1. The molecule has 20 heavy (non-hydrogen) atoms. The van der Waals surface area contributed by atoms with Gasteiger partial charge in [-0.3, -0.25) is 0 Å². The molecule has 0 fully saturated rings. The van der Waals surface area contributed by atoms with Crippen molar-refractivity contribution in [3.05, 3.63) is 35.5 Å². The second-order valence-corrected chi connectivity index (χ2v) is 5.73. The number of nitrogens with two attached hydrogens (primary N) is 1. The molecule has 0 aliphatic carbocycles. The van der Waals surface area contributed by atoms with Crippen LogP contribution in [-0.2, 0) is 6.42 Å². The summed E-state index contributed by atoms with van der Waals surface area (Å²) >= 11 is 1.60. The molecular formula is C14H16N4OS. The van der Waals surface area contributed by atoms with Gasteiger partial charge in [0.05, 0.1) is 16.7 Å².